The van der Waals surface area contributed by atoms with Crippen LogP contribution in [-0.2, 0) is 9.59 Å². The molecule has 0 aliphatic rings. The van der Waals surface area contributed by atoms with E-state index in [1.165, 1.54) is 32.0 Å². The van der Waals surface area contributed by atoms with Crippen molar-refractivity contribution in [2.45, 2.75) is 20.8 Å². The first-order chi connectivity index (χ1) is 13.2. The summed E-state index contributed by atoms with van der Waals surface area (Å²) in [5.41, 5.74) is 1.94. The number of anilines is 2. The first kappa shape index (κ1) is 20.5. The Morgan fingerprint density at radius 2 is 1.57 bits per heavy atom. The van der Waals surface area contributed by atoms with E-state index in [0.29, 0.717) is 22.5 Å². The van der Waals surface area contributed by atoms with Crippen LogP contribution in [0.25, 0.3) is 0 Å². The van der Waals surface area contributed by atoms with Gasteiger partial charge < -0.3 is 10.6 Å². The number of amides is 2. The Morgan fingerprint density at radius 3 is 2.11 bits per heavy atom. The number of nitrogens with one attached hydrogen (secondary N) is 2. The van der Waals surface area contributed by atoms with Crippen molar-refractivity contribution in [2.75, 3.05) is 10.6 Å². The molecule has 0 fully saturated rings. The topological polar surface area (TPSA) is 118 Å². The smallest absolute Gasteiger partial charge is 0.272 e. The molecule has 0 spiro atoms. The van der Waals surface area contributed by atoms with E-state index in [9.17, 15) is 24.5 Å². The minimum atomic E-state index is -0.504. The number of aryl methyl sites for hydroxylation is 1. The van der Waals surface area contributed by atoms with Crippen molar-refractivity contribution in [3.05, 3.63) is 75.4 Å². The molecule has 2 rings (SSSR count). The molecule has 2 N–H and O–H groups in total. The SMILES string of the molecule is CC(=O)c1ccc(NC(=O)/C=C(\C)C(=O)Nc2ccc([N+](=O)[O-])c(C)c2)cc1. The summed E-state index contributed by atoms with van der Waals surface area (Å²) in [6, 6.07) is 10.6. The van der Waals surface area contributed by atoms with E-state index in [2.05, 4.69) is 10.6 Å². The maximum absolute atomic E-state index is 12.2. The number of nitrogens with zero attached hydrogens (tertiary/aromatic N) is 1. The minimum absolute atomic E-state index is 0.0413. The predicted octanol–water partition coefficient (Wildman–Crippen LogP) is 3.63. The van der Waals surface area contributed by atoms with Gasteiger partial charge in [-0.15, -0.1) is 0 Å². The Kier molecular flexibility index (Phi) is 6.38. The molecule has 0 saturated heterocycles. The van der Waals surface area contributed by atoms with Crippen molar-refractivity contribution in [2.24, 2.45) is 0 Å². The number of ketones is 1. The maximum Gasteiger partial charge on any atom is 0.272 e. The number of rotatable bonds is 6. The molecule has 8 nitrogen and oxygen atoms in total. The zero-order chi connectivity index (χ0) is 20.8. The monoisotopic (exact) mass is 381 g/mol. The summed E-state index contributed by atoms with van der Waals surface area (Å²) in [4.78, 5) is 45.9. The molecule has 0 radical (unpaired) electrons. The number of hydrogen-bond donors (Lipinski definition) is 2. The molecule has 0 atom stereocenters. The summed E-state index contributed by atoms with van der Waals surface area (Å²) in [5, 5.41) is 16.0. The Bertz CT molecular complexity index is 978. The third-order valence-corrected chi connectivity index (χ3v) is 3.92. The molecule has 28 heavy (non-hydrogen) atoms. The first-order valence-corrected chi connectivity index (χ1v) is 8.34. The first-order valence-electron chi connectivity index (χ1n) is 8.34. The van der Waals surface area contributed by atoms with Crippen LogP contribution < -0.4 is 10.6 Å². The average Bonchev–Trinajstić information content (AvgIpc) is 2.61. The van der Waals surface area contributed by atoms with E-state index in [1.807, 2.05) is 0 Å². The van der Waals surface area contributed by atoms with Gasteiger partial charge in [0.15, 0.2) is 5.78 Å². The molecule has 2 aromatic rings. The number of Topliss-reactive ketones (excluding diaryl/α,β-unsaturated/α-hetero) is 1. The largest absolute Gasteiger partial charge is 0.323 e. The summed E-state index contributed by atoms with van der Waals surface area (Å²) in [6.45, 7) is 4.50. The van der Waals surface area contributed by atoms with Crippen LogP contribution in [0.5, 0.6) is 0 Å². The number of benzene rings is 2. The molecule has 0 bridgehead atoms. The average molecular weight is 381 g/mol. The Hall–Kier alpha value is -3.81. The van der Waals surface area contributed by atoms with Crippen LogP contribution in [0.3, 0.4) is 0 Å². The van der Waals surface area contributed by atoms with E-state index in [0.717, 1.165) is 6.08 Å². The highest BCUT2D eigenvalue weighted by molar-refractivity contribution is 6.10. The van der Waals surface area contributed by atoms with Crippen LogP contribution in [0, 0.1) is 17.0 Å². The van der Waals surface area contributed by atoms with Crippen molar-refractivity contribution in [1.82, 2.24) is 0 Å². The van der Waals surface area contributed by atoms with Gasteiger partial charge >= 0.3 is 0 Å². The van der Waals surface area contributed by atoms with Gasteiger partial charge in [-0.05, 0) is 57.2 Å². The second-order valence-electron chi connectivity index (χ2n) is 6.16. The number of carbonyl (C=O) groups is 3. The highest BCUT2D eigenvalue weighted by atomic mass is 16.6. The summed E-state index contributed by atoms with van der Waals surface area (Å²) < 4.78 is 0. The summed E-state index contributed by atoms with van der Waals surface area (Å²) in [6.07, 6.45) is 1.15. The fourth-order valence-corrected chi connectivity index (χ4v) is 2.40. The van der Waals surface area contributed by atoms with E-state index < -0.39 is 16.7 Å². The highest BCUT2D eigenvalue weighted by Gasteiger charge is 2.13. The molecule has 0 heterocycles. The number of nitro benzene ring substituents is 1. The lowest BCUT2D eigenvalue weighted by molar-refractivity contribution is -0.385. The lowest BCUT2D eigenvalue weighted by Crippen LogP contribution is -2.16. The standard InChI is InChI=1S/C20H19N3O5/c1-12-10-17(8-9-18(12)23(27)28)22-20(26)13(2)11-19(25)21-16-6-4-15(5-7-16)14(3)24/h4-11H,1-3H3,(H,21,25)(H,22,26)/b13-11+. The molecule has 0 aliphatic heterocycles. The number of carbonyl (C=O) groups excluding carboxylic acids is 3. The van der Waals surface area contributed by atoms with Gasteiger partial charge in [0, 0.05) is 40.2 Å². The van der Waals surface area contributed by atoms with Gasteiger partial charge in [0.1, 0.15) is 0 Å². The summed E-state index contributed by atoms with van der Waals surface area (Å²) >= 11 is 0. The van der Waals surface area contributed by atoms with Crippen LogP contribution in [0.4, 0.5) is 17.1 Å². The molecule has 2 aromatic carbocycles. The fourth-order valence-electron chi connectivity index (χ4n) is 2.40. The van der Waals surface area contributed by atoms with Gasteiger partial charge in [-0.1, -0.05) is 0 Å². The zero-order valence-corrected chi connectivity index (χ0v) is 15.6. The van der Waals surface area contributed by atoms with Gasteiger partial charge in [-0.3, -0.25) is 24.5 Å². The lowest BCUT2D eigenvalue weighted by Gasteiger charge is -2.07. The Labute approximate surface area is 161 Å². The maximum atomic E-state index is 12.2. The number of hydrogen-bond acceptors (Lipinski definition) is 5. The van der Waals surface area contributed by atoms with Crippen molar-refractivity contribution < 1.29 is 19.3 Å². The molecule has 2 amide bonds. The van der Waals surface area contributed by atoms with Gasteiger partial charge in [-0.25, -0.2) is 0 Å². The van der Waals surface area contributed by atoms with Crippen LogP contribution in [0.15, 0.2) is 54.1 Å². The van der Waals surface area contributed by atoms with Gasteiger partial charge in [0.2, 0.25) is 5.91 Å². The molecule has 8 heteroatoms. The summed E-state index contributed by atoms with van der Waals surface area (Å²) in [5.74, 6) is -1.08. The van der Waals surface area contributed by atoms with Crippen LogP contribution in [0.1, 0.15) is 29.8 Å². The van der Waals surface area contributed by atoms with Crippen LogP contribution in [0.2, 0.25) is 0 Å². The third kappa shape index (κ3) is 5.34. The van der Waals surface area contributed by atoms with E-state index in [4.69, 9.17) is 0 Å². The molecule has 0 aromatic heterocycles. The van der Waals surface area contributed by atoms with Crippen molar-refractivity contribution in [3.8, 4) is 0 Å². The number of nitro groups is 1. The van der Waals surface area contributed by atoms with Crippen molar-refractivity contribution >= 4 is 34.7 Å². The molecule has 0 aliphatic carbocycles. The normalized spacial score (nSPS) is 10.9. The molecular formula is C20H19N3O5. The van der Waals surface area contributed by atoms with Gasteiger partial charge in [0.05, 0.1) is 4.92 Å². The van der Waals surface area contributed by atoms with E-state index in [-0.39, 0.29) is 17.0 Å². The molecule has 0 saturated carbocycles. The predicted molar refractivity (Wildman–Crippen MR) is 105 cm³/mol. The third-order valence-electron chi connectivity index (χ3n) is 3.92. The van der Waals surface area contributed by atoms with Crippen LogP contribution >= 0.6 is 0 Å². The van der Waals surface area contributed by atoms with Crippen LogP contribution in [-0.4, -0.2) is 22.5 Å². The van der Waals surface area contributed by atoms with Gasteiger partial charge in [-0.2, -0.15) is 0 Å². The van der Waals surface area contributed by atoms with Crippen molar-refractivity contribution in [1.29, 1.82) is 0 Å². The van der Waals surface area contributed by atoms with E-state index >= 15 is 0 Å². The molecular weight excluding hydrogens is 362 g/mol. The molecule has 0 unspecified atom stereocenters. The molecule has 144 valence electrons. The summed E-state index contributed by atoms with van der Waals surface area (Å²) in [7, 11) is 0. The second-order valence-corrected chi connectivity index (χ2v) is 6.16. The zero-order valence-electron chi connectivity index (χ0n) is 15.6. The Morgan fingerprint density at radius 1 is 0.964 bits per heavy atom. The second kappa shape index (κ2) is 8.72. The fraction of sp³-hybridized carbons (Fsp3) is 0.150. The Balaban J connectivity index is 2.02. The van der Waals surface area contributed by atoms with E-state index in [1.54, 1.807) is 31.2 Å². The quantitative estimate of drug-likeness (QED) is 0.343. The van der Waals surface area contributed by atoms with Crippen molar-refractivity contribution in [3.63, 3.8) is 0 Å². The minimum Gasteiger partial charge on any atom is -0.323 e. The highest BCUT2D eigenvalue weighted by Crippen LogP contribution is 2.22. The van der Waals surface area contributed by atoms with Gasteiger partial charge in [0.25, 0.3) is 11.6 Å². The lowest BCUT2D eigenvalue weighted by atomic mass is 10.1.